The van der Waals surface area contributed by atoms with E-state index in [4.69, 9.17) is 11.6 Å². The topological polar surface area (TPSA) is 37.8 Å². The van der Waals surface area contributed by atoms with Crippen LogP contribution in [0.4, 0.5) is 0 Å². The van der Waals surface area contributed by atoms with Crippen LogP contribution in [0, 0.1) is 6.92 Å². The van der Waals surface area contributed by atoms with Gasteiger partial charge in [-0.15, -0.1) is 11.3 Å². The predicted octanol–water partition coefficient (Wildman–Crippen LogP) is 5.86. The molecule has 0 atom stereocenters. The highest BCUT2D eigenvalue weighted by Crippen LogP contribution is 2.36. The molecule has 0 fully saturated rings. The lowest BCUT2D eigenvalue weighted by atomic mass is 10.0. The van der Waals surface area contributed by atoms with Gasteiger partial charge in [0.2, 0.25) is 0 Å². The van der Waals surface area contributed by atoms with E-state index in [1.807, 2.05) is 36.7 Å². The molecule has 26 heavy (non-hydrogen) atoms. The van der Waals surface area contributed by atoms with Gasteiger partial charge in [0.15, 0.2) is 0 Å². The summed E-state index contributed by atoms with van der Waals surface area (Å²) in [5, 5.41) is 5.94. The molecule has 128 valence electrons. The number of hydrogen-bond donors (Lipinski definition) is 1. The lowest BCUT2D eigenvalue weighted by Gasteiger charge is -2.06. The number of nitrogens with zero attached hydrogens (tertiary/aromatic N) is 1. The number of benzene rings is 2. The number of fused-ring (bicyclic) bond motifs is 4. The average molecular weight is 379 g/mol. The summed E-state index contributed by atoms with van der Waals surface area (Å²) < 4.78 is 2.83. The van der Waals surface area contributed by atoms with Crippen molar-refractivity contribution in [1.29, 1.82) is 0 Å². The molecule has 2 aromatic carbocycles. The molecule has 0 aliphatic heterocycles. The molecule has 3 nitrogen and oxygen atoms in total. The van der Waals surface area contributed by atoms with E-state index in [2.05, 4.69) is 30.1 Å². The molecule has 5 rings (SSSR count). The standard InChI is InChI=1S/C21H15ClN2OS/c1-11-3-5-18-13(7-11)15-9-16(21(25)24(2)20(15)23-18)17-10-26-19-6-4-12(22)8-14(17)19/h3-10,23H,1-2H3. The number of rotatable bonds is 1. The van der Waals surface area contributed by atoms with E-state index in [-0.39, 0.29) is 5.56 Å². The van der Waals surface area contributed by atoms with Crippen LogP contribution in [0.2, 0.25) is 5.02 Å². The zero-order valence-corrected chi connectivity index (χ0v) is 15.8. The summed E-state index contributed by atoms with van der Waals surface area (Å²) in [5.41, 5.74) is 4.71. The first-order valence-electron chi connectivity index (χ1n) is 8.32. The number of aryl methyl sites for hydroxylation is 2. The average Bonchev–Trinajstić information content (AvgIpc) is 3.19. The molecule has 3 heterocycles. The minimum atomic E-state index is -0.0135. The normalized spacial score (nSPS) is 11.8. The van der Waals surface area contributed by atoms with Gasteiger partial charge < -0.3 is 4.98 Å². The maximum atomic E-state index is 13.1. The van der Waals surface area contributed by atoms with Crippen molar-refractivity contribution in [1.82, 2.24) is 9.55 Å². The minimum Gasteiger partial charge on any atom is -0.341 e. The van der Waals surface area contributed by atoms with Crippen molar-refractivity contribution in [2.75, 3.05) is 0 Å². The molecule has 0 aliphatic carbocycles. The van der Waals surface area contributed by atoms with Crippen LogP contribution in [0.1, 0.15) is 5.56 Å². The highest BCUT2D eigenvalue weighted by molar-refractivity contribution is 7.17. The third-order valence-electron chi connectivity index (χ3n) is 4.96. The van der Waals surface area contributed by atoms with Gasteiger partial charge in [0.05, 0.1) is 0 Å². The molecule has 5 heteroatoms. The summed E-state index contributed by atoms with van der Waals surface area (Å²) in [4.78, 5) is 16.4. The van der Waals surface area contributed by atoms with E-state index in [1.165, 1.54) is 5.56 Å². The van der Waals surface area contributed by atoms with Gasteiger partial charge in [-0.2, -0.15) is 0 Å². The van der Waals surface area contributed by atoms with Crippen LogP contribution < -0.4 is 5.56 Å². The summed E-state index contributed by atoms with van der Waals surface area (Å²) in [7, 11) is 1.82. The van der Waals surface area contributed by atoms with Gasteiger partial charge >= 0.3 is 0 Å². The van der Waals surface area contributed by atoms with E-state index in [9.17, 15) is 4.79 Å². The zero-order chi connectivity index (χ0) is 18.0. The van der Waals surface area contributed by atoms with E-state index in [0.29, 0.717) is 10.6 Å². The highest BCUT2D eigenvalue weighted by atomic mass is 35.5. The summed E-state index contributed by atoms with van der Waals surface area (Å²) in [5.74, 6) is 0. The van der Waals surface area contributed by atoms with Gasteiger partial charge in [0, 0.05) is 55.0 Å². The first-order chi connectivity index (χ1) is 12.5. The Labute approximate surface area is 158 Å². The van der Waals surface area contributed by atoms with Crippen LogP contribution in [0.15, 0.2) is 52.6 Å². The SMILES string of the molecule is Cc1ccc2[nH]c3c(cc(-c4csc5ccc(Cl)cc45)c(=O)n3C)c2c1. The Kier molecular flexibility index (Phi) is 3.30. The Morgan fingerprint density at radius 2 is 1.85 bits per heavy atom. The Bertz CT molecular complexity index is 1390. The highest BCUT2D eigenvalue weighted by Gasteiger charge is 2.16. The second-order valence-electron chi connectivity index (χ2n) is 6.65. The molecule has 0 unspecified atom stereocenters. The largest absolute Gasteiger partial charge is 0.341 e. The van der Waals surface area contributed by atoms with Crippen molar-refractivity contribution in [2.24, 2.45) is 7.05 Å². The molecule has 1 N–H and O–H groups in total. The number of aromatic amines is 1. The first-order valence-corrected chi connectivity index (χ1v) is 9.58. The Balaban J connectivity index is 1.92. The quantitative estimate of drug-likeness (QED) is 0.389. The maximum Gasteiger partial charge on any atom is 0.259 e. The second-order valence-corrected chi connectivity index (χ2v) is 8.00. The van der Waals surface area contributed by atoms with E-state index < -0.39 is 0 Å². The molecule has 0 bridgehead atoms. The molecule has 3 aromatic heterocycles. The van der Waals surface area contributed by atoms with Crippen molar-refractivity contribution in [2.45, 2.75) is 6.92 Å². The minimum absolute atomic E-state index is 0.0135. The Morgan fingerprint density at radius 3 is 2.69 bits per heavy atom. The monoisotopic (exact) mass is 378 g/mol. The third-order valence-corrected chi connectivity index (χ3v) is 6.16. The molecule has 0 radical (unpaired) electrons. The van der Waals surface area contributed by atoms with Gasteiger partial charge in [-0.3, -0.25) is 9.36 Å². The van der Waals surface area contributed by atoms with Crippen molar-refractivity contribution < 1.29 is 0 Å². The van der Waals surface area contributed by atoms with Crippen molar-refractivity contribution in [3.05, 3.63) is 68.8 Å². The number of nitrogens with one attached hydrogen (secondary N) is 1. The van der Waals surface area contributed by atoms with Crippen molar-refractivity contribution >= 4 is 55.0 Å². The smallest absolute Gasteiger partial charge is 0.259 e. The number of pyridine rings is 1. The van der Waals surface area contributed by atoms with Crippen molar-refractivity contribution in [3.63, 3.8) is 0 Å². The molecule has 0 amide bonds. The molecular weight excluding hydrogens is 364 g/mol. The maximum absolute atomic E-state index is 13.1. The van der Waals surface area contributed by atoms with Crippen LogP contribution in [0.25, 0.3) is 43.1 Å². The van der Waals surface area contributed by atoms with Gasteiger partial charge in [0.25, 0.3) is 5.56 Å². The zero-order valence-electron chi connectivity index (χ0n) is 14.3. The van der Waals surface area contributed by atoms with Crippen LogP contribution in [0.5, 0.6) is 0 Å². The number of halogens is 1. The van der Waals surface area contributed by atoms with E-state index in [0.717, 1.165) is 37.6 Å². The van der Waals surface area contributed by atoms with E-state index >= 15 is 0 Å². The van der Waals surface area contributed by atoms with Crippen LogP contribution in [-0.2, 0) is 7.05 Å². The predicted molar refractivity (Wildman–Crippen MR) is 112 cm³/mol. The fourth-order valence-electron chi connectivity index (χ4n) is 3.61. The molecule has 0 saturated carbocycles. The molecule has 5 aromatic rings. The Morgan fingerprint density at radius 1 is 1.00 bits per heavy atom. The lowest BCUT2D eigenvalue weighted by molar-refractivity contribution is 0.896. The summed E-state index contributed by atoms with van der Waals surface area (Å²) in [6, 6.07) is 14.1. The fraction of sp³-hybridized carbons (Fsp3) is 0.0952. The van der Waals surface area contributed by atoms with Gasteiger partial charge in [-0.1, -0.05) is 23.2 Å². The number of aromatic nitrogens is 2. The lowest BCUT2D eigenvalue weighted by Crippen LogP contribution is -2.18. The summed E-state index contributed by atoms with van der Waals surface area (Å²) in [6.45, 7) is 2.08. The van der Waals surface area contributed by atoms with E-state index in [1.54, 1.807) is 15.9 Å². The van der Waals surface area contributed by atoms with Crippen LogP contribution in [-0.4, -0.2) is 9.55 Å². The Hall–Kier alpha value is -2.56. The summed E-state index contributed by atoms with van der Waals surface area (Å²) >= 11 is 7.83. The third kappa shape index (κ3) is 2.16. The molecular formula is C21H15ClN2OS. The number of H-pyrrole nitrogens is 1. The fourth-order valence-corrected chi connectivity index (χ4v) is 4.73. The van der Waals surface area contributed by atoms with Crippen molar-refractivity contribution in [3.8, 4) is 11.1 Å². The summed E-state index contributed by atoms with van der Waals surface area (Å²) in [6.07, 6.45) is 0. The van der Waals surface area contributed by atoms with Gasteiger partial charge in [0.1, 0.15) is 5.65 Å². The van der Waals surface area contributed by atoms with Gasteiger partial charge in [-0.25, -0.2) is 0 Å². The molecule has 0 aliphatic rings. The van der Waals surface area contributed by atoms with Crippen LogP contribution in [0.3, 0.4) is 0 Å². The van der Waals surface area contributed by atoms with Gasteiger partial charge in [-0.05, 0) is 43.3 Å². The number of hydrogen-bond acceptors (Lipinski definition) is 2. The van der Waals surface area contributed by atoms with Crippen LogP contribution >= 0.6 is 22.9 Å². The molecule has 0 spiro atoms. The molecule has 0 saturated heterocycles. The first kappa shape index (κ1) is 15.7. The second kappa shape index (κ2) is 5.47. The number of thiophene rings is 1.